The third-order valence-electron chi connectivity index (χ3n) is 4.68. The molecular weight excluding hydrogens is 352 g/mol. The quantitative estimate of drug-likeness (QED) is 0.205. The van der Waals surface area contributed by atoms with Gasteiger partial charge in [0.25, 0.3) is 0 Å². The van der Waals surface area contributed by atoms with Gasteiger partial charge in [-0.15, -0.1) is 0 Å². The van der Waals surface area contributed by atoms with Crippen molar-refractivity contribution in [3.8, 4) is 0 Å². The second-order valence-electron chi connectivity index (χ2n) is 7.71. The van der Waals surface area contributed by atoms with Gasteiger partial charge in [0.05, 0.1) is 27.2 Å². The molecule has 0 aromatic carbocycles. The Kier molecular flexibility index (Phi) is 19.6. The molecule has 0 saturated carbocycles. The lowest BCUT2D eigenvalue weighted by atomic mass is 10.1. The zero-order valence-electron chi connectivity index (χ0n) is 17.7. The molecule has 0 bridgehead atoms. The van der Waals surface area contributed by atoms with Crippen molar-refractivity contribution in [1.82, 2.24) is 5.32 Å². The minimum atomic E-state index is -4.67. The highest BCUT2D eigenvalue weighted by Crippen LogP contribution is 2.10. The summed E-state index contributed by atoms with van der Waals surface area (Å²) < 4.78 is 32.7. The molecule has 0 unspecified atom stereocenters. The Morgan fingerprint density at radius 3 is 1.54 bits per heavy atom. The normalized spacial score (nSPS) is 11.9. The lowest BCUT2D eigenvalue weighted by Gasteiger charge is -2.28. The van der Waals surface area contributed by atoms with E-state index < -0.39 is 10.4 Å². The summed E-state index contributed by atoms with van der Waals surface area (Å²) in [4.78, 5) is 0. The number of nitrogens with one attached hydrogen (secondary N) is 1. The number of nitrogens with zero attached hydrogens (tertiary/aromatic N) is 1. The second-order valence-corrected chi connectivity index (χ2v) is 8.60. The van der Waals surface area contributed by atoms with Crippen LogP contribution in [0.5, 0.6) is 0 Å². The maximum absolute atomic E-state index is 8.74. The molecule has 0 aromatic heterocycles. The first-order valence-electron chi connectivity index (χ1n) is 10.3. The molecule has 0 saturated heterocycles. The van der Waals surface area contributed by atoms with Crippen LogP contribution in [0.15, 0.2) is 0 Å². The summed E-state index contributed by atoms with van der Waals surface area (Å²) in [5, 5.41) is 3.60. The molecule has 0 atom stereocenters. The second kappa shape index (κ2) is 18.2. The molecule has 0 aliphatic rings. The number of hydrogen-bond acceptors (Lipinski definition) is 3. The fourth-order valence-corrected chi connectivity index (χ4v) is 2.65. The first kappa shape index (κ1) is 28.0. The summed E-state index contributed by atoms with van der Waals surface area (Å²) in [6, 6.07) is 0. The summed E-state index contributed by atoms with van der Waals surface area (Å²) >= 11 is 0. The van der Waals surface area contributed by atoms with E-state index in [1.165, 1.54) is 96.8 Å². The van der Waals surface area contributed by atoms with E-state index in [9.17, 15) is 0 Å². The third-order valence-corrected chi connectivity index (χ3v) is 4.68. The zero-order valence-corrected chi connectivity index (χ0v) is 18.5. The van der Waals surface area contributed by atoms with E-state index in [0.29, 0.717) is 0 Å². The lowest BCUT2D eigenvalue weighted by molar-refractivity contribution is -0.888. The summed E-state index contributed by atoms with van der Waals surface area (Å²) in [7, 11) is -0.0233. The fourth-order valence-electron chi connectivity index (χ4n) is 2.65. The summed E-state index contributed by atoms with van der Waals surface area (Å²) in [6.45, 7) is 9.50. The standard InChI is InChI=1S/C19H43N2.H2O4S/c1-5-7-8-9-10-11-12-13-14-15-17-20-18-16-19-21(3,4)6-2;1-5(2,3)4/h20H,5-19H2,1-4H3;(H2,1,2,3,4)/q+1;. The van der Waals surface area contributed by atoms with Crippen LogP contribution in [0.3, 0.4) is 0 Å². The van der Waals surface area contributed by atoms with Crippen LogP contribution < -0.4 is 5.32 Å². The van der Waals surface area contributed by atoms with Crippen molar-refractivity contribution >= 4 is 10.4 Å². The van der Waals surface area contributed by atoms with Gasteiger partial charge < -0.3 is 9.80 Å². The molecule has 0 aliphatic heterocycles. The van der Waals surface area contributed by atoms with Gasteiger partial charge in [0, 0.05) is 13.0 Å². The molecule has 0 rings (SSSR count). The van der Waals surface area contributed by atoms with Crippen molar-refractivity contribution < 1.29 is 22.0 Å². The van der Waals surface area contributed by atoms with E-state index >= 15 is 0 Å². The third kappa shape index (κ3) is 31.5. The molecule has 0 amide bonds. The molecule has 160 valence electrons. The predicted octanol–water partition coefficient (Wildman–Crippen LogP) is 4.33. The zero-order chi connectivity index (χ0) is 20.3. The monoisotopic (exact) mass is 397 g/mol. The maximum Gasteiger partial charge on any atom is 0.394 e. The Bertz CT molecular complexity index is 379. The van der Waals surface area contributed by atoms with Crippen LogP contribution in [0.4, 0.5) is 0 Å². The molecule has 0 aliphatic carbocycles. The van der Waals surface area contributed by atoms with Gasteiger partial charge >= 0.3 is 10.4 Å². The molecule has 3 N–H and O–H groups in total. The van der Waals surface area contributed by atoms with Crippen LogP contribution in [0.2, 0.25) is 0 Å². The van der Waals surface area contributed by atoms with Crippen molar-refractivity contribution in [3.63, 3.8) is 0 Å². The van der Waals surface area contributed by atoms with Gasteiger partial charge in [-0.25, -0.2) is 0 Å². The van der Waals surface area contributed by atoms with E-state index in [4.69, 9.17) is 17.5 Å². The van der Waals surface area contributed by atoms with Crippen LogP contribution in [0, 0.1) is 0 Å². The number of rotatable bonds is 16. The van der Waals surface area contributed by atoms with E-state index in [1.54, 1.807) is 0 Å². The van der Waals surface area contributed by atoms with Crippen LogP contribution in [-0.2, 0) is 10.4 Å². The molecule has 0 spiro atoms. The highest BCUT2D eigenvalue weighted by Gasteiger charge is 2.09. The number of quaternary nitrogens is 1. The summed E-state index contributed by atoms with van der Waals surface area (Å²) in [5.41, 5.74) is 0. The molecule has 0 aromatic rings. The van der Waals surface area contributed by atoms with E-state index in [0.717, 1.165) is 4.48 Å². The molecule has 0 fully saturated rings. The summed E-state index contributed by atoms with van der Waals surface area (Å²) in [5.74, 6) is 0. The van der Waals surface area contributed by atoms with Crippen LogP contribution in [0.1, 0.15) is 84.5 Å². The van der Waals surface area contributed by atoms with E-state index in [1.807, 2.05) is 0 Å². The summed E-state index contributed by atoms with van der Waals surface area (Å²) in [6.07, 6.45) is 15.6. The van der Waals surface area contributed by atoms with Crippen LogP contribution in [-0.4, -0.2) is 62.3 Å². The van der Waals surface area contributed by atoms with E-state index in [2.05, 4.69) is 33.3 Å². The van der Waals surface area contributed by atoms with Gasteiger partial charge in [0.1, 0.15) is 0 Å². The minimum Gasteiger partial charge on any atom is -0.329 e. The molecule has 0 radical (unpaired) electrons. The van der Waals surface area contributed by atoms with Gasteiger partial charge in [0.2, 0.25) is 0 Å². The Labute approximate surface area is 162 Å². The molecule has 7 heteroatoms. The number of unbranched alkanes of at least 4 members (excludes halogenated alkanes) is 9. The minimum absolute atomic E-state index is 1.15. The molecule has 6 nitrogen and oxygen atoms in total. The van der Waals surface area contributed by atoms with Crippen molar-refractivity contribution in [2.24, 2.45) is 0 Å². The largest absolute Gasteiger partial charge is 0.394 e. The van der Waals surface area contributed by atoms with Gasteiger partial charge in [0.15, 0.2) is 0 Å². The van der Waals surface area contributed by atoms with Crippen molar-refractivity contribution in [1.29, 1.82) is 0 Å². The fraction of sp³-hybridized carbons (Fsp3) is 1.00. The Morgan fingerprint density at radius 1 is 0.731 bits per heavy atom. The van der Waals surface area contributed by atoms with Gasteiger partial charge in [-0.05, 0) is 19.9 Å². The maximum atomic E-state index is 8.74. The lowest BCUT2D eigenvalue weighted by Crippen LogP contribution is -2.41. The Hall–Kier alpha value is -0.210. The number of hydrogen-bond donors (Lipinski definition) is 3. The average molecular weight is 398 g/mol. The SMILES string of the molecule is CCCCCCCCCCCCNCCC[N+](C)(C)CC.O=S(=O)(O)O. The average Bonchev–Trinajstić information content (AvgIpc) is 2.53. The first-order valence-corrected chi connectivity index (χ1v) is 11.7. The van der Waals surface area contributed by atoms with Crippen molar-refractivity contribution in [2.45, 2.75) is 84.5 Å². The smallest absolute Gasteiger partial charge is 0.329 e. The van der Waals surface area contributed by atoms with Gasteiger partial charge in [-0.1, -0.05) is 64.7 Å². The predicted molar refractivity (Wildman–Crippen MR) is 111 cm³/mol. The highest BCUT2D eigenvalue weighted by molar-refractivity contribution is 7.79. The highest BCUT2D eigenvalue weighted by atomic mass is 32.3. The van der Waals surface area contributed by atoms with Crippen molar-refractivity contribution in [2.75, 3.05) is 40.3 Å². The molecule has 0 heterocycles. The van der Waals surface area contributed by atoms with Crippen molar-refractivity contribution in [3.05, 3.63) is 0 Å². The van der Waals surface area contributed by atoms with Crippen LogP contribution >= 0.6 is 0 Å². The Morgan fingerprint density at radius 2 is 1.12 bits per heavy atom. The van der Waals surface area contributed by atoms with Gasteiger partial charge in [-0.2, -0.15) is 8.42 Å². The topological polar surface area (TPSA) is 86.6 Å². The first-order chi connectivity index (χ1) is 12.1. The molecular formula is C19H45N2O4S+. The Balaban J connectivity index is 0. The van der Waals surface area contributed by atoms with E-state index in [-0.39, 0.29) is 0 Å². The van der Waals surface area contributed by atoms with Crippen LogP contribution in [0.25, 0.3) is 0 Å². The van der Waals surface area contributed by atoms with Gasteiger partial charge in [-0.3, -0.25) is 9.11 Å². The molecule has 26 heavy (non-hydrogen) atoms.